The highest BCUT2D eigenvalue weighted by Gasteiger charge is 2.29. The quantitative estimate of drug-likeness (QED) is 0.606. The van der Waals surface area contributed by atoms with E-state index in [1.165, 1.54) is 45.4 Å². The first-order chi connectivity index (χ1) is 9.35. The number of anilines is 1. The largest absolute Gasteiger partial charge is 0.307 e. The van der Waals surface area contributed by atoms with Crippen LogP contribution in [0.1, 0.15) is 25.0 Å². The van der Waals surface area contributed by atoms with Crippen LogP contribution in [-0.4, -0.2) is 52.0 Å². The molecule has 0 saturated carbocycles. The zero-order valence-corrected chi connectivity index (χ0v) is 11.3. The molecule has 2 saturated heterocycles. The number of nitrogens with two attached hydrogens (primary N) is 1. The van der Waals surface area contributed by atoms with Crippen molar-refractivity contribution in [1.82, 2.24) is 19.8 Å². The molecular formula is C13H22N6. The monoisotopic (exact) mass is 262 g/mol. The molecule has 0 amide bonds. The van der Waals surface area contributed by atoms with Crippen LogP contribution in [0.25, 0.3) is 0 Å². The van der Waals surface area contributed by atoms with Crippen LogP contribution >= 0.6 is 0 Å². The Morgan fingerprint density at radius 2 is 2.05 bits per heavy atom. The predicted octanol–water partition coefficient (Wildman–Crippen LogP) is 0.432. The van der Waals surface area contributed by atoms with Crippen LogP contribution in [0.4, 0.5) is 5.82 Å². The average molecular weight is 262 g/mol. The van der Waals surface area contributed by atoms with Crippen molar-refractivity contribution in [2.75, 3.05) is 31.6 Å². The van der Waals surface area contributed by atoms with Gasteiger partial charge in [-0.15, -0.1) is 0 Å². The van der Waals surface area contributed by atoms with E-state index in [0.29, 0.717) is 5.82 Å². The lowest BCUT2D eigenvalue weighted by Crippen LogP contribution is -2.35. The van der Waals surface area contributed by atoms with Crippen LogP contribution in [0.3, 0.4) is 0 Å². The summed E-state index contributed by atoms with van der Waals surface area (Å²) in [6.45, 7) is 5.80. The highest BCUT2D eigenvalue weighted by Crippen LogP contribution is 2.21. The summed E-state index contributed by atoms with van der Waals surface area (Å²) in [5.74, 6) is 5.89. The fourth-order valence-electron chi connectivity index (χ4n) is 3.10. The van der Waals surface area contributed by atoms with Crippen LogP contribution in [0, 0.1) is 0 Å². The van der Waals surface area contributed by atoms with E-state index in [4.69, 9.17) is 5.84 Å². The number of nitrogen functional groups attached to an aromatic ring is 1. The minimum absolute atomic E-state index is 0.611. The molecule has 1 aromatic rings. The third-order valence-electron chi connectivity index (χ3n) is 4.14. The molecule has 2 aliphatic rings. The number of rotatable bonds is 4. The molecule has 19 heavy (non-hydrogen) atoms. The second-order valence-electron chi connectivity index (χ2n) is 5.46. The fraction of sp³-hybridized carbons (Fsp3) is 0.692. The van der Waals surface area contributed by atoms with Gasteiger partial charge >= 0.3 is 0 Å². The van der Waals surface area contributed by atoms with Gasteiger partial charge in [-0.25, -0.2) is 10.8 Å². The molecule has 2 aliphatic heterocycles. The van der Waals surface area contributed by atoms with Crippen molar-refractivity contribution in [2.24, 2.45) is 5.84 Å². The molecule has 1 atom stereocenters. The molecule has 6 nitrogen and oxygen atoms in total. The second-order valence-corrected chi connectivity index (χ2v) is 5.46. The summed E-state index contributed by atoms with van der Waals surface area (Å²) in [7, 11) is 0. The molecule has 2 fully saturated rings. The van der Waals surface area contributed by atoms with Crippen LogP contribution in [0.5, 0.6) is 0 Å². The molecule has 0 bridgehead atoms. The van der Waals surface area contributed by atoms with E-state index < -0.39 is 0 Å². The van der Waals surface area contributed by atoms with Crippen molar-refractivity contribution in [1.29, 1.82) is 0 Å². The maximum atomic E-state index is 5.28. The number of nitrogens with zero attached hydrogens (tertiary/aromatic N) is 4. The topological polar surface area (TPSA) is 70.3 Å². The van der Waals surface area contributed by atoms with Gasteiger partial charge in [0.05, 0.1) is 18.1 Å². The van der Waals surface area contributed by atoms with Crippen molar-refractivity contribution in [2.45, 2.75) is 31.8 Å². The van der Waals surface area contributed by atoms with Gasteiger partial charge in [0.2, 0.25) is 0 Å². The highest BCUT2D eigenvalue weighted by molar-refractivity contribution is 5.28. The Balaban J connectivity index is 1.53. The van der Waals surface area contributed by atoms with Gasteiger partial charge in [0.25, 0.3) is 0 Å². The number of likely N-dealkylation sites (tertiary alicyclic amines) is 2. The number of nitrogens with one attached hydrogen (secondary N) is 1. The van der Waals surface area contributed by atoms with Crippen molar-refractivity contribution in [3.8, 4) is 0 Å². The van der Waals surface area contributed by atoms with Gasteiger partial charge in [-0.2, -0.15) is 0 Å². The first-order valence-corrected chi connectivity index (χ1v) is 7.09. The van der Waals surface area contributed by atoms with E-state index in [1.54, 1.807) is 12.4 Å². The molecule has 0 aromatic carbocycles. The second kappa shape index (κ2) is 5.81. The lowest BCUT2D eigenvalue weighted by Gasteiger charge is -2.23. The van der Waals surface area contributed by atoms with E-state index in [9.17, 15) is 0 Å². The zero-order chi connectivity index (χ0) is 13.1. The lowest BCUT2D eigenvalue weighted by atomic mass is 10.2. The minimum Gasteiger partial charge on any atom is -0.307 e. The Labute approximate surface area is 114 Å². The van der Waals surface area contributed by atoms with Gasteiger partial charge in [-0.05, 0) is 32.4 Å². The molecule has 3 rings (SSSR count). The Morgan fingerprint density at radius 1 is 1.21 bits per heavy atom. The van der Waals surface area contributed by atoms with Gasteiger partial charge in [-0.1, -0.05) is 0 Å². The van der Waals surface area contributed by atoms with Gasteiger partial charge in [0.1, 0.15) is 0 Å². The summed E-state index contributed by atoms with van der Waals surface area (Å²) in [5.41, 5.74) is 3.51. The summed E-state index contributed by atoms with van der Waals surface area (Å²) in [6, 6.07) is 0.750. The molecule has 1 aromatic heterocycles. The smallest absolute Gasteiger partial charge is 0.158 e. The minimum atomic E-state index is 0.611. The summed E-state index contributed by atoms with van der Waals surface area (Å²) in [4.78, 5) is 13.7. The zero-order valence-electron chi connectivity index (χ0n) is 11.3. The normalized spacial score (nSPS) is 25.0. The summed E-state index contributed by atoms with van der Waals surface area (Å²) in [5, 5.41) is 0. The molecule has 0 radical (unpaired) electrons. The molecule has 0 aliphatic carbocycles. The van der Waals surface area contributed by atoms with E-state index in [-0.39, 0.29) is 0 Å². The van der Waals surface area contributed by atoms with E-state index in [1.807, 2.05) is 0 Å². The molecule has 3 N–H and O–H groups in total. The Bertz CT molecular complexity index is 400. The van der Waals surface area contributed by atoms with Gasteiger partial charge in [-0.3, -0.25) is 14.8 Å². The number of hydrogen-bond donors (Lipinski definition) is 2. The third-order valence-corrected chi connectivity index (χ3v) is 4.14. The van der Waals surface area contributed by atoms with Crippen LogP contribution < -0.4 is 11.3 Å². The van der Waals surface area contributed by atoms with Gasteiger partial charge in [0.15, 0.2) is 5.82 Å². The average Bonchev–Trinajstić information content (AvgIpc) is 3.10. The van der Waals surface area contributed by atoms with E-state index in [0.717, 1.165) is 18.3 Å². The molecule has 3 heterocycles. The Kier molecular flexibility index (Phi) is 3.91. The number of hydrazine groups is 1. The van der Waals surface area contributed by atoms with Crippen LogP contribution in [-0.2, 0) is 6.54 Å². The first-order valence-electron chi connectivity index (χ1n) is 7.09. The van der Waals surface area contributed by atoms with Gasteiger partial charge < -0.3 is 5.43 Å². The Hall–Kier alpha value is -1.24. The summed E-state index contributed by atoms with van der Waals surface area (Å²) < 4.78 is 0. The van der Waals surface area contributed by atoms with Crippen molar-refractivity contribution >= 4 is 5.82 Å². The Morgan fingerprint density at radius 3 is 2.74 bits per heavy atom. The predicted molar refractivity (Wildman–Crippen MR) is 74.3 cm³/mol. The first kappa shape index (κ1) is 12.8. The molecule has 0 spiro atoms. The number of aromatic nitrogens is 2. The maximum absolute atomic E-state index is 5.28. The standard InChI is InChI=1S/C13H22N6/c14-17-13-8-15-11(7-16-13)9-18-6-3-12(10-18)19-4-1-2-5-19/h7-8,12H,1-6,9-10,14H2,(H,16,17). The highest BCUT2D eigenvalue weighted by atomic mass is 15.3. The molecule has 1 unspecified atom stereocenters. The van der Waals surface area contributed by atoms with Crippen LogP contribution in [0.2, 0.25) is 0 Å². The van der Waals surface area contributed by atoms with Gasteiger partial charge in [0, 0.05) is 25.7 Å². The lowest BCUT2D eigenvalue weighted by molar-refractivity contribution is 0.229. The van der Waals surface area contributed by atoms with E-state index in [2.05, 4.69) is 25.2 Å². The third kappa shape index (κ3) is 3.02. The van der Waals surface area contributed by atoms with Crippen LogP contribution in [0.15, 0.2) is 12.4 Å². The molecular weight excluding hydrogens is 240 g/mol. The van der Waals surface area contributed by atoms with Crippen molar-refractivity contribution in [3.63, 3.8) is 0 Å². The molecule has 6 heteroatoms. The number of hydrogen-bond acceptors (Lipinski definition) is 6. The fourth-order valence-corrected chi connectivity index (χ4v) is 3.10. The van der Waals surface area contributed by atoms with Crippen molar-refractivity contribution in [3.05, 3.63) is 18.1 Å². The maximum Gasteiger partial charge on any atom is 0.158 e. The summed E-state index contributed by atoms with van der Waals surface area (Å²) in [6.07, 6.45) is 7.52. The SMILES string of the molecule is NNc1cnc(CN2CCC(N3CCCC3)C2)cn1. The summed E-state index contributed by atoms with van der Waals surface area (Å²) >= 11 is 0. The molecule has 104 valence electrons. The van der Waals surface area contributed by atoms with Crippen molar-refractivity contribution < 1.29 is 0 Å². The van der Waals surface area contributed by atoms with E-state index >= 15 is 0 Å².